The molecule has 0 fully saturated rings. The fraction of sp³-hybridized carbons (Fsp3) is 0.444. The van der Waals surface area contributed by atoms with Gasteiger partial charge in [0.05, 0.1) is 10.4 Å². The second-order valence-electron chi connectivity index (χ2n) is 6.06. The van der Waals surface area contributed by atoms with Gasteiger partial charge in [0.1, 0.15) is 0 Å². The normalized spacial score (nSPS) is 13.1. The molecule has 114 valence electrons. The molecule has 2 rings (SSSR count). The zero-order valence-electron chi connectivity index (χ0n) is 13.4. The minimum Gasteiger partial charge on any atom is -0.309 e. The summed E-state index contributed by atoms with van der Waals surface area (Å²) >= 11 is 7.76. The Bertz CT molecular complexity index is 601. The lowest BCUT2D eigenvalue weighted by Crippen LogP contribution is -2.18. The van der Waals surface area contributed by atoms with E-state index in [9.17, 15) is 0 Å². The summed E-state index contributed by atoms with van der Waals surface area (Å²) in [6, 6.07) is 11.2. The number of hydrogen-bond donors (Lipinski definition) is 1. The molecule has 1 heterocycles. The van der Waals surface area contributed by atoms with Crippen LogP contribution in [0.3, 0.4) is 0 Å². The van der Waals surface area contributed by atoms with Crippen molar-refractivity contribution in [3.63, 3.8) is 0 Å². The monoisotopic (exact) mass is 321 g/mol. The molecule has 0 radical (unpaired) electrons. The van der Waals surface area contributed by atoms with Crippen LogP contribution in [0.4, 0.5) is 0 Å². The van der Waals surface area contributed by atoms with E-state index in [1.807, 2.05) is 13.1 Å². The van der Waals surface area contributed by atoms with Gasteiger partial charge in [-0.15, -0.1) is 11.3 Å². The van der Waals surface area contributed by atoms with Crippen LogP contribution in [-0.4, -0.2) is 7.05 Å². The first-order valence-corrected chi connectivity index (χ1v) is 8.69. The van der Waals surface area contributed by atoms with Crippen LogP contribution in [0.2, 0.25) is 4.34 Å². The molecule has 0 spiro atoms. The van der Waals surface area contributed by atoms with E-state index >= 15 is 0 Å². The van der Waals surface area contributed by atoms with E-state index in [1.54, 1.807) is 11.3 Å². The Morgan fingerprint density at radius 1 is 0.952 bits per heavy atom. The molecule has 0 saturated heterocycles. The van der Waals surface area contributed by atoms with Gasteiger partial charge in [-0.2, -0.15) is 0 Å². The van der Waals surface area contributed by atoms with Crippen molar-refractivity contribution >= 4 is 22.9 Å². The summed E-state index contributed by atoms with van der Waals surface area (Å²) in [5.41, 5.74) is 4.18. The molecule has 0 amide bonds. The third kappa shape index (κ3) is 3.68. The Balaban J connectivity index is 2.50. The van der Waals surface area contributed by atoms with Crippen molar-refractivity contribution in [1.29, 1.82) is 0 Å². The summed E-state index contributed by atoms with van der Waals surface area (Å²) in [7, 11) is 2.01. The van der Waals surface area contributed by atoms with Crippen molar-refractivity contribution < 1.29 is 0 Å². The van der Waals surface area contributed by atoms with E-state index in [-0.39, 0.29) is 6.04 Å². The lowest BCUT2D eigenvalue weighted by Gasteiger charge is -2.22. The summed E-state index contributed by atoms with van der Waals surface area (Å²) < 4.78 is 0.843. The first-order valence-electron chi connectivity index (χ1n) is 7.50. The number of rotatable bonds is 5. The standard InChI is InChI=1S/C18H24ClNS/c1-11(2)13-6-7-14(15(10-13)12(3)4)18(20-5)16-8-9-17(19)21-16/h6-12,18,20H,1-5H3. The topological polar surface area (TPSA) is 12.0 Å². The van der Waals surface area contributed by atoms with Crippen LogP contribution < -0.4 is 5.32 Å². The van der Waals surface area contributed by atoms with Crippen LogP contribution >= 0.6 is 22.9 Å². The Hall–Kier alpha value is -0.830. The molecular weight excluding hydrogens is 298 g/mol. The van der Waals surface area contributed by atoms with Gasteiger partial charge < -0.3 is 5.32 Å². The van der Waals surface area contributed by atoms with Gasteiger partial charge in [0, 0.05) is 4.88 Å². The molecule has 1 aromatic carbocycles. The van der Waals surface area contributed by atoms with E-state index in [0.717, 1.165) is 4.34 Å². The molecule has 1 nitrogen and oxygen atoms in total. The lowest BCUT2D eigenvalue weighted by atomic mass is 9.88. The zero-order chi connectivity index (χ0) is 15.6. The highest BCUT2D eigenvalue weighted by molar-refractivity contribution is 7.16. The van der Waals surface area contributed by atoms with E-state index in [0.29, 0.717) is 11.8 Å². The molecule has 0 bridgehead atoms. The van der Waals surface area contributed by atoms with Crippen molar-refractivity contribution in [2.75, 3.05) is 7.05 Å². The maximum atomic E-state index is 6.11. The SMILES string of the molecule is CNC(c1ccc(Cl)s1)c1ccc(C(C)C)cc1C(C)C. The number of hydrogen-bond acceptors (Lipinski definition) is 2. The average molecular weight is 322 g/mol. The molecule has 1 aromatic heterocycles. The number of halogens is 1. The Kier molecular flexibility index (Phi) is 5.48. The molecule has 0 aliphatic rings. The molecule has 2 aromatic rings. The van der Waals surface area contributed by atoms with Gasteiger partial charge in [-0.05, 0) is 47.7 Å². The number of benzene rings is 1. The molecule has 1 atom stereocenters. The van der Waals surface area contributed by atoms with Gasteiger partial charge in [-0.1, -0.05) is 57.5 Å². The minimum atomic E-state index is 0.209. The highest BCUT2D eigenvalue weighted by Gasteiger charge is 2.19. The van der Waals surface area contributed by atoms with Crippen LogP contribution in [0.15, 0.2) is 30.3 Å². The van der Waals surface area contributed by atoms with E-state index < -0.39 is 0 Å². The molecule has 0 aliphatic heterocycles. The quantitative estimate of drug-likeness (QED) is 0.716. The molecule has 1 N–H and O–H groups in total. The van der Waals surface area contributed by atoms with Crippen LogP contribution in [0, 0.1) is 0 Å². The van der Waals surface area contributed by atoms with Crippen LogP contribution in [-0.2, 0) is 0 Å². The molecule has 3 heteroatoms. The molecule has 21 heavy (non-hydrogen) atoms. The second-order valence-corrected chi connectivity index (χ2v) is 7.81. The van der Waals surface area contributed by atoms with Gasteiger partial charge in [-0.3, -0.25) is 0 Å². The van der Waals surface area contributed by atoms with Crippen molar-refractivity contribution in [2.45, 2.75) is 45.6 Å². The summed E-state index contributed by atoms with van der Waals surface area (Å²) in [5.74, 6) is 1.06. The van der Waals surface area contributed by atoms with Gasteiger partial charge in [-0.25, -0.2) is 0 Å². The molecule has 0 aliphatic carbocycles. The molecular formula is C18H24ClNS. The van der Waals surface area contributed by atoms with E-state index in [4.69, 9.17) is 11.6 Å². The highest BCUT2D eigenvalue weighted by Crippen LogP contribution is 2.35. The Morgan fingerprint density at radius 2 is 1.67 bits per heavy atom. The maximum absolute atomic E-state index is 6.11. The summed E-state index contributed by atoms with van der Waals surface area (Å²) in [6.07, 6.45) is 0. The van der Waals surface area contributed by atoms with Gasteiger partial charge in [0.25, 0.3) is 0 Å². The molecule has 0 saturated carbocycles. The van der Waals surface area contributed by atoms with E-state index in [2.05, 4.69) is 57.3 Å². The minimum absolute atomic E-state index is 0.209. The summed E-state index contributed by atoms with van der Waals surface area (Å²) in [6.45, 7) is 9.01. The predicted molar refractivity (Wildman–Crippen MR) is 94.9 cm³/mol. The second kappa shape index (κ2) is 6.95. The highest BCUT2D eigenvalue weighted by atomic mass is 35.5. The van der Waals surface area contributed by atoms with Gasteiger partial charge in [0.2, 0.25) is 0 Å². The molecule has 1 unspecified atom stereocenters. The van der Waals surface area contributed by atoms with Crippen LogP contribution in [0.5, 0.6) is 0 Å². The third-order valence-electron chi connectivity index (χ3n) is 3.88. The van der Waals surface area contributed by atoms with E-state index in [1.165, 1.54) is 21.6 Å². The van der Waals surface area contributed by atoms with Crippen LogP contribution in [0.1, 0.15) is 67.1 Å². The average Bonchev–Trinajstić information content (AvgIpc) is 2.86. The van der Waals surface area contributed by atoms with Crippen molar-refractivity contribution in [1.82, 2.24) is 5.32 Å². The first-order chi connectivity index (χ1) is 9.93. The fourth-order valence-electron chi connectivity index (χ4n) is 2.65. The fourth-order valence-corrected chi connectivity index (χ4v) is 3.84. The van der Waals surface area contributed by atoms with Crippen molar-refractivity contribution in [3.8, 4) is 0 Å². The zero-order valence-corrected chi connectivity index (χ0v) is 15.0. The van der Waals surface area contributed by atoms with Gasteiger partial charge in [0.15, 0.2) is 0 Å². The Labute approximate surface area is 137 Å². The first kappa shape index (κ1) is 16.5. The lowest BCUT2D eigenvalue weighted by molar-refractivity contribution is 0.682. The van der Waals surface area contributed by atoms with Crippen molar-refractivity contribution in [3.05, 3.63) is 56.2 Å². The summed E-state index contributed by atoms with van der Waals surface area (Å²) in [5, 5.41) is 3.44. The smallest absolute Gasteiger partial charge is 0.0931 e. The number of nitrogens with one attached hydrogen (secondary N) is 1. The van der Waals surface area contributed by atoms with Crippen molar-refractivity contribution in [2.24, 2.45) is 0 Å². The van der Waals surface area contributed by atoms with Crippen LogP contribution in [0.25, 0.3) is 0 Å². The third-order valence-corrected chi connectivity index (χ3v) is 5.17. The maximum Gasteiger partial charge on any atom is 0.0931 e. The number of thiophene rings is 1. The summed E-state index contributed by atoms with van der Waals surface area (Å²) in [4.78, 5) is 1.27. The van der Waals surface area contributed by atoms with Gasteiger partial charge >= 0.3 is 0 Å². The predicted octanol–water partition coefficient (Wildman–Crippen LogP) is 5.96. The largest absolute Gasteiger partial charge is 0.309 e. The Morgan fingerprint density at radius 3 is 2.14 bits per heavy atom.